The largest absolute Gasteiger partial charge is 0.361 e. The first-order valence-corrected chi connectivity index (χ1v) is 9.91. The molecule has 25 heavy (non-hydrogen) atoms. The van der Waals surface area contributed by atoms with E-state index in [0.717, 1.165) is 17.0 Å². The number of nitrogens with zero attached hydrogens (tertiary/aromatic N) is 4. The molecule has 9 heteroatoms. The van der Waals surface area contributed by atoms with Gasteiger partial charge >= 0.3 is 0 Å². The lowest BCUT2D eigenvalue weighted by atomic mass is 9.78. The minimum absolute atomic E-state index is 0.117. The number of hydrogen-bond donors (Lipinski definition) is 0. The molecule has 0 aromatic carbocycles. The molecule has 2 saturated heterocycles. The van der Waals surface area contributed by atoms with Crippen molar-refractivity contribution in [3.63, 3.8) is 0 Å². The average molecular weight is 370 g/mol. The fourth-order valence-electron chi connectivity index (χ4n) is 3.80. The maximum Gasteiger partial charge on any atom is 0.281 e. The molecule has 2 fully saturated rings. The summed E-state index contributed by atoms with van der Waals surface area (Å²) in [6.45, 7) is 5.86. The van der Waals surface area contributed by atoms with Crippen molar-refractivity contribution in [2.75, 3.05) is 33.7 Å². The number of aromatic nitrogens is 1. The Kier molecular flexibility index (Phi) is 4.67. The number of amides is 1. The molecule has 1 amide bonds. The zero-order chi connectivity index (χ0) is 18.4. The van der Waals surface area contributed by atoms with E-state index in [0.29, 0.717) is 45.4 Å². The molecule has 0 unspecified atom stereocenters. The number of carbonyl (C=O) groups is 1. The summed E-state index contributed by atoms with van der Waals surface area (Å²) in [6.07, 6.45) is 1.92. The zero-order valence-corrected chi connectivity index (χ0v) is 16.1. The lowest BCUT2D eigenvalue weighted by Crippen LogP contribution is -2.47. The molecule has 0 saturated carbocycles. The Morgan fingerprint density at radius 2 is 1.88 bits per heavy atom. The highest BCUT2D eigenvalue weighted by Gasteiger charge is 2.46. The summed E-state index contributed by atoms with van der Waals surface area (Å²) in [5, 5.41) is 3.95. The molecule has 0 bridgehead atoms. The maximum absolute atomic E-state index is 12.5. The van der Waals surface area contributed by atoms with Crippen LogP contribution < -0.4 is 0 Å². The Morgan fingerprint density at radius 3 is 2.40 bits per heavy atom. The summed E-state index contributed by atoms with van der Waals surface area (Å²) >= 11 is 0. The highest BCUT2D eigenvalue weighted by molar-refractivity contribution is 7.86. The van der Waals surface area contributed by atoms with E-state index in [2.05, 4.69) is 5.16 Å². The number of rotatable bonds is 4. The molecule has 8 nitrogen and oxygen atoms in total. The van der Waals surface area contributed by atoms with Gasteiger partial charge in [-0.2, -0.15) is 17.0 Å². The number of aryl methyl sites for hydroxylation is 2. The van der Waals surface area contributed by atoms with Gasteiger partial charge in [0.25, 0.3) is 10.2 Å². The van der Waals surface area contributed by atoms with Crippen LogP contribution in [0, 0.1) is 19.3 Å². The van der Waals surface area contributed by atoms with E-state index in [9.17, 15) is 13.2 Å². The lowest BCUT2D eigenvalue weighted by molar-refractivity contribution is -0.128. The molecule has 1 spiro atoms. The second kappa shape index (κ2) is 6.37. The zero-order valence-electron chi connectivity index (χ0n) is 15.3. The van der Waals surface area contributed by atoms with Gasteiger partial charge in [0.1, 0.15) is 5.76 Å². The second-order valence-corrected chi connectivity index (χ2v) is 9.56. The molecule has 3 heterocycles. The Hall–Kier alpha value is -1.45. The highest BCUT2D eigenvalue weighted by atomic mass is 32.2. The summed E-state index contributed by atoms with van der Waals surface area (Å²) < 4.78 is 32.5. The van der Waals surface area contributed by atoms with Crippen LogP contribution in [0.1, 0.15) is 36.3 Å². The van der Waals surface area contributed by atoms with E-state index in [4.69, 9.17) is 4.52 Å². The average Bonchev–Trinajstić information content (AvgIpc) is 3.02. The van der Waals surface area contributed by atoms with E-state index in [1.54, 1.807) is 14.1 Å². The first-order chi connectivity index (χ1) is 11.6. The normalized spacial score (nSPS) is 21.6. The lowest BCUT2D eigenvalue weighted by Gasteiger charge is -2.38. The molecule has 0 radical (unpaired) electrons. The minimum atomic E-state index is -3.38. The van der Waals surface area contributed by atoms with E-state index in [-0.39, 0.29) is 11.3 Å². The van der Waals surface area contributed by atoms with Gasteiger partial charge in [0, 0.05) is 45.7 Å². The van der Waals surface area contributed by atoms with Crippen LogP contribution in [0.3, 0.4) is 0 Å². The topological polar surface area (TPSA) is 87.0 Å². The van der Waals surface area contributed by atoms with Crippen LogP contribution in [0.4, 0.5) is 0 Å². The smallest absolute Gasteiger partial charge is 0.281 e. The SMILES string of the molecule is Cc1noc(C)c1CN1CC2(CCN(S(=O)(=O)N(C)C)CC2)CC1=O. The maximum atomic E-state index is 12.5. The predicted octanol–water partition coefficient (Wildman–Crippen LogP) is 0.912. The summed E-state index contributed by atoms with van der Waals surface area (Å²) in [4.78, 5) is 14.4. The summed E-state index contributed by atoms with van der Waals surface area (Å²) in [5.74, 6) is 0.877. The van der Waals surface area contributed by atoms with Gasteiger partial charge < -0.3 is 9.42 Å². The van der Waals surface area contributed by atoms with Crippen molar-refractivity contribution in [2.24, 2.45) is 5.41 Å². The molecular formula is C16H26N4O4S. The number of likely N-dealkylation sites (tertiary alicyclic amines) is 1. The molecule has 1 aromatic rings. The Morgan fingerprint density at radius 1 is 1.24 bits per heavy atom. The molecule has 2 aliphatic rings. The quantitative estimate of drug-likeness (QED) is 0.786. The van der Waals surface area contributed by atoms with Gasteiger partial charge in [0.2, 0.25) is 5.91 Å². The highest BCUT2D eigenvalue weighted by Crippen LogP contribution is 2.42. The van der Waals surface area contributed by atoms with Crippen LogP contribution in [0.5, 0.6) is 0 Å². The molecule has 2 aliphatic heterocycles. The predicted molar refractivity (Wildman–Crippen MR) is 91.9 cm³/mol. The van der Waals surface area contributed by atoms with Gasteiger partial charge in [-0.15, -0.1) is 0 Å². The standard InChI is InChI=1S/C16H26N4O4S/c1-12-14(13(2)24-17-12)10-19-11-16(9-15(19)21)5-7-20(8-6-16)25(22,23)18(3)4/h5-11H2,1-4H3. The fourth-order valence-corrected chi connectivity index (χ4v) is 4.91. The van der Waals surface area contributed by atoms with Gasteiger partial charge in [-0.1, -0.05) is 5.16 Å². The van der Waals surface area contributed by atoms with E-state index >= 15 is 0 Å². The fraction of sp³-hybridized carbons (Fsp3) is 0.750. The van der Waals surface area contributed by atoms with Crippen molar-refractivity contribution in [3.05, 3.63) is 17.0 Å². The molecule has 3 rings (SSSR count). The van der Waals surface area contributed by atoms with E-state index < -0.39 is 10.2 Å². The number of carbonyl (C=O) groups excluding carboxylic acids is 1. The van der Waals surface area contributed by atoms with Crippen LogP contribution in [0.25, 0.3) is 0 Å². The first-order valence-electron chi connectivity index (χ1n) is 8.52. The molecule has 1 aromatic heterocycles. The van der Waals surface area contributed by atoms with Crippen LogP contribution in [-0.4, -0.2) is 66.7 Å². The van der Waals surface area contributed by atoms with Crippen LogP contribution in [0.15, 0.2) is 4.52 Å². The Balaban J connectivity index is 1.67. The van der Waals surface area contributed by atoms with Crippen molar-refractivity contribution in [2.45, 2.75) is 39.7 Å². The van der Waals surface area contributed by atoms with E-state index in [1.165, 1.54) is 8.61 Å². The number of piperidine rings is 1. The van der Waals surface area contributed by atoms with Gasteiger partial charge in [-0.05, 0) is 32.1 Å². The molecule has 0 N–H and O–H groups in total. The van der Waals surface area contributed by atoms with Crippen molar-refractivity contribution >= 4 is 16.1 Å². The Bertz CT molecular complexity index is 744. The van der Waals surface area contributed by atoms with Gasteiger partial charge in [-0.25, -0.2) is 0 Å². The molecule has 0 atom stereocenters. The van der Waals surface area contributed by atoms with Crippen LogP contribution in [-0.2, 0) is 21.5 Å². The Labute approximate surface area is 148 Å². The summed E-state index contributed by atoms with van der Waals surface area (Å²) in [6, 6.07) is 0. The monoisotopic (exact) mass is 370 g/mol. The number of hydrogen-bond acceptors (Lipinski definition) is 5. The minimum Gasteiger partial charge on any atom is -0.361 e. The summed E-state index contributed by atoms with van der Waals surface area (Å²) in [7, 11) is -0.286. The van der Waals surface area contributed by atoms with Crippen molar-refractivity contribution in [1.82, 2.24) is 18.7 Å². The van der Waals surface area contributed by atoms with Gasteiger partial charge in [0.15, 0.2) is 0 Å². The summed E-state index contributed by atoms with van der Waals surface area (Å²) in [5.41, 5.74) is 1.67. The molecule has 140 valence electrons. The van der Waals surface area contributed by atoms with Crippen molar-refractivity contribution in [1.29, 1.82) is 0 Å². The third-order valence-corrected chi connectivity index (χ3v) is 7.45. The van der Waals surface area contributed by atoms with Crippen molar-refractivity contribution in [3.8, 4) is 0 Å². The first kappa shape index (κ1) is 18.3. The van der Waals surface area contributed by atoms with Gasteiger partial charge in [0.05, 0.1) is 12.2 Å². The van der Waals surface area contributed by atoms with Crippen LogP contribution >= 0.6 is 0 Å². The van der Waals surface area contributed by atoms with Gasteiger partial charge in [-0.3, -0.25) is 4.79 Å². The molecular weight excluding hydrogens is 344 g/mol. The van der Waals surface area contributed by atoms with E-state index in [1.807, 2.05) is 18.7 Å². The molecule has 0 aliphatic carbocycles. The van der Waals surface area contributed by atoms with Crippen LogP contribution in [0.2, 0.25) is 0 Å². The van der Waals surface area contributed by atoms with Crippen molar-refractivity contribution < 1.29 is 17.7 Å². The third-order valence-electron chi connectivity index (χ3n) is 5.51. The second-order valence-electron chi connectivity index (χ2n) is 7.42. The third kappa shape index (κ3) is 3.32.